The molecule has 0 radical (unpaired) electrons. The topological polar surface area (TPSA) is 155 Å². The highest BCUT2D eigenvalue weighted by atomic mass is 31.2. The Balaban J connectivity index is 4.14. The number of esters is 1. The Labute approximate surface area is 367 Å². The molecule has 4 N–H and O–H groups in total. The maximum atomic E-state index is 12.7. The molecule has 10 nitrogen and oxygen atoms in total. The predicted octanol–water partition coefficient (Wildman–Crippen LogP) is 14.0. The summed E-state index contributed by atoms with van der Waals surface area (Å²) >= 11 is 0. The molecule has 352 valence electrons. The number of hydrogen-bond acceptors (Lipinski definition) is 8. The zero-order chi connectivity index (χ0) is 44.0. The van der Waals surface area contributed by atoms with Crippen LogP contribution in [0.2, 0.25) is 0 Å². The largest absolute Gasteiger partial charge is 0.480 e. The van der Waals surface area contributed by atoms with Crippen molar-refractivity contribution >= 4 is 19.8 Å². The summed E-state index contributed by atoms with van der Waals surface area (Å²) in [5.41, 5.74) is 5.37. The van der Waals surface area contributed by atoms with Gasteiger partial charge in [-0.25, -0.2) is 4.57 Å². The predicted molar refractivity (Wildman–Crippen MR) is 249 cm³/mol. The van der Waals surface area contributed by atoms with Crippen molar-refractivity contribution in [2.75, 3.05) is 26.4 Å². The van der Waals surface area contributed by atoms with Crippen molar-refractivity contribution in [3.05, 3.63) is 36.5 Å². The summed E-state index contributed by atoms with van der Waals surface area (Å²) in [4.78, 5) is 33.6. The lowest BCUT2D eigenvalue weighted by Crippen LogP contribution is -2.34. The number of carbonyl (C=O) groups is 2. The second-order valence-corrected chi connectivity index (χ2v) is 18.0. The third-order valence-corrected chi connectivity index (χ3v) is 11.6. The summed E-state index contributed by atoms with van der Waals surface area (Å²) in [5.74, 6) is -1.77. The summed E-state index contributed by atoms with van der Waals surface area (Å²) < 4.78 is 33.5. The number of allylic oxidation sites excluding steroid dienone is 6. The number of rotatable bonds is 47. The highest BCUT2D eigenvalue weighted by Gasteiger charge is 2.27. The number of carboxylic acids is 1. The number of phosphoric acid groups is 1. The van der Waals surface area contributed by atoms with E-state index in [1.54, 1.807) is 0 Å². The second kappa shape index (κ2) is 45.2. The first-order valence-electron chi connectivity index (χ1n) is 24.5. The lowest BCUT2D eigenvalue weighted by molar-refractivity contribution is -0.154. The minimum Gasteiger partial charge on any atom is -0.480 e. The summed E-state index contributed by atoms with van der Waals surface area (Å²) in [6.45, 7) is 3.79. The van der Waals surface area contributed by atoms with Gasteiger partial charge in [0.15, 0.2) is 0 Å². The van der Waals surface area contributed by atoms with Crippen LogP contribution in [0.4, 0.5) is 0 Å². The van der Waals surface area contributed by atoms with Crippen LogP contribution < -0.4 is 5.73 Å². The first-order chi connectivity index (χ1) is 29.2. The molecule has 0 aromatic rings. The van der Waals surface area contributed by atoms with Crippen molar-refractivity contribution in [2.45, 2.75) is 238 Å². The molecule has 0 aliphatic heterocycles. The monoisotopic (exact) mass is 870 g/mol. The Kier molecular flexibility index (Phi) is 43.9. The van der Waals surface area contributed by atoms with Crippen molar-refractivity contribution in [3.63, 3.8) is 0 Å². The fourth-order valence-electron chi connectivity index (χ4n) is 6.91. The van der Waals surface area contributed by atoms with Crippen molar-refractivity contribution in [1.82, 2.24) is 0 Å². The molecular formula is C49H92NO9P. The molecule has 0 saturated heterocycles. The SMILES string of the molecule is CC/C=C\C/C=C\C/C=C\CCCCCCCCCCOCC(COP(=O)(O)OCC(N)C(=O)O)OC(=O)CCCCCCCCCCCCCCCCCCCCCC. The third kappa shape index (κ3) is 44.3. The zero-order valence-corrected chi connectivity index (χ0v) is 39.5. The molecule has 11 heteroatoms. The lowest BCUT2D eigenvalue weighted by Gasteiger charge is -2.20. The van der Waals surface area contributed by atoms with E-state index in [1.807, 2.05) is 0 Å². The first-order valence-corrected chi connectivity index (χ1v) is 26.0. The molecule has 0 heterocycles. The van der Waals surface area contributed by atoms with Crippen molar-refractivity contribution in [1.29, 1.82) is 0 Å². The molecule has 3 unspecified atom stereocenters. The fourth-order valence-corrected chi connectivity index (χ4v) is 7.69. The van der Waals surface area contributed by atoms with Gasteiger partial charge in [0.1, 0.15) is 12.1 Å². The zero-order valence-electron chi connectivity index (χ0n) is 38.6. The van der Waals surface area contributed by atoms with E-state index in [2.05, 4.69) is 50.3 Å². The van der Waals surface area contributed by atoms with Crippen LogP contribution in [0.3, 0.4) is 0 Å². The molecule has 60 heavy (non-hydrogen) atoms. The van der Waals surface area contributed by atoms with Crippen molar-refractivity contribution in [2.24, 2.45) is 5.73 Å². The van der Waals surface area contributed by atoms with Gasteiger partial charge in [-0.05, 0) is 44.9 Å². The number of aliphatic carboxylic acids is 1. The summed E-state index contributed by atoms with van der Waals surface area (Å²) in [5, 5.41) is 8.92. The van der Waals surface area contributed by atoms with E-state index in [0.717, 1.165) is 57.8 Å². The molecule has 0 aliphatic carbocycles. The van der Waals surface area contributed by atoms with Crippen LogP contribution in [-0.2, 0) is 32.7 Å². The quantitative estimate of drug-likeness (QED) is 0.0233. The molecule has 3 atom stereocenters. The van der Waals surface area contributed by atoms with Crippen LogP contribution in [0, 0.1) is 0 Å². The van der Waals surface area contributed by atoms with Gasteiger partial charge in [0.05, 0.1) is 19.8 Å². The van der Waals surface area contributed by atoms with E-state index in [9.17, 15) is 19.0 Å². The second-order valence-electron chi connectivity index (χ2n) is 16.6. The molecule has 0 fully saturated rings. The van der Waals surface area contributed by atoms with Crippen LogP contribution in [0.1, 0.15) is 226 Å². The summed E-state index contributed by atoms with van der Waals surface area (Å²) in [6, 6.07) is -1.47. The molecular weight excluding hydrogens is 778 g/mol. The van der Waals surface area contributed by atoms with Gasteiger partial charge in [-0.15, -0.1) is 0 Å². The molecule has 0 aromatic heterocycles. The van der Waals surface area contributed by atoms with Gasteiger partial charge in [0, 0.05) is 13.0 Å². The maximum absolute atomic E-state index is 12.7. The van der Waals surface area contributed by atoms with Crippen LogP contribution in [0.5, 0.6) is 0 Å². The third-order valence-electron chi connectivity index (χ3n) is 10.7. The first kappa shape index (κ1) is 58.2. The molecule has 0 bridgehead atoms. The number of hydrogen-bond donors (Lipinski definition) is 3. The van der Waals surface area contributed by atoms with Crippen LogP contribution in [-0.4, -0.2) is 60.5 Å². The van der Waals surface area contributed by atoms with E-state index < -0.39 is 45.1 Å². The lowest BCUT2D eigenvalue weighted by atomic mass is 10.0. The number of carboxylic acid groups (broad SMARTS) is 1. The molecule has 0 saturated carbocycles. The van der Waals surface area contributed by atoms with Gasteiger partial charge < -0.3 is 25.2 Å². The van der Waals surface area contributed by atoms with Gasteiger partial charge in [0.25, 0.3) is 0 Å². The van der Waals surface area contributed by atoms with Gasteiger partial charge >= 0.3 is 19.8 Å². The smallest absolute Gasteiger partial charge is 0.472 e. The number of phosphoric ester groups is 1. The number of carbonyl (C=O) groups excluding carboxylic acids is 1. The Morgan fingerprint density at radius 3 is 1.45 bits per heavy atom. The fraction of sp³-hybridized carbons (Fsp3) is 0.837. The highest BCUT2D eigenvalue weighted by molar-refractivity contribution is 7.47. The Morgan fingerprint density at radius 2 is 0.967 bits per heavy atom. The van der Waals surface area contributed by atoms with E-state index in [0.29, 0.717) is 13.0 Å². The van der Waals surface area contributed by atoms with Gasteiger partial charge in [0.2, 0.25) is 0 Å². The highest BCUT2D eigenvalue weighted by Crippen LogP contribution is 2.43. The average molecular weight is 870 g/mol. The standard InChI is InChI=1S/C49H92NO9P/c1-3-5-7-9-11-13-15-17-19-21-23-24-25-27-29-31-33-35-37-39-41-48(51)59-46(44-57-60(54,55)58-45-47(50)49(52)53)43-56-42-40-38-36-34-32-30-28-26-22-20-18-16-14-12-10-8-6-4-2/h6,8,12,14,18,20,46-47H,3-5,7,9-11,13,15-17,19,21-45,50H2,1-2H3,(H,52,53)(H,54,55)/b8-6-,14-12-,20-18-. The van der Waals surface area contributed by atoms with E-state index in [1.165, 1.54) is 141 Å². The Bertz CT molecular complexity index is 1100. The average Bonchev–Trinajstić information content (AvgIpc) is 3.23. The maximum Gasteiger partial charge on any atom is 0.472 e. The molecule has 0 amide bonds. The number of ether oxygens (including phenoxy) is 2. The minimum atomic E-state index is -4.62. The van der Waals surface area contributed by atoms with Gasteiger partial charge in [-0.3, -0.25) is 18.6 Å². The van der Waals surface area contributed by atoms with E-state index in [-0.39, 0.29) is 13.0 Å². The van der Waals surface area contributed by atoms with Crippen molar-refractivity contribution < 1.29 is 42.7 Å². The van der Waals surface area contributed by atoms with Crippen LogP contribution in [0.25, 0.3) is 0 Å². The normalized spacial score (nSPS) is 14.1. The van der Waals surface area contributed by atoms with E-state index >= 15 is 0 Å². The number of nitrogens with two attached hydrogens (primary N) is 1. The molecule has 0 rings (SSSR count). The Morgan fingerprint density at radius 1 is 0.550 bits per heavy atom. The number of unbranched alkanes of at least 4 members (excludes halogenated alkanes) is 27. The minimum absolute atomic E-state index is 0.0146. The van der Waals surface area contributed by atoms with Gasteiger partial charge in [-0.1, -0.05) is 211 Å². The van der Waals surface area contributed by atoms with Crippen LogP contribution in [0.15, 0.2) is 36.5 Å². The summed E-state index contributed by atoms with van der Waals surface area (Å²) in [7, 11) is -4.62. The molecule has 0 spiro atoms. The Hall–Kier alpha value is -1.81. The van der Waals surface area contributed by atoms with E-state index in [4.69, 9.17) is 29.4 Å². The van der Waals surface area contributed by atoms with Gasteiger partial charge in [-0.2, -0.15) is 0 Å². The van der Waals surface area contributed by atoms with Crippen LogP contribution >= 0.6 is 7.82 Å². The molecule has 0 aliphatic rings. The van der Waals surface area contributed by atoms with Crippen molar-refractivity contribution in [3.8, 4) is 0 Å². The molecule has 0 aromatic carbocycles. The summed E-state index contributed by atoms with van der Waals surface area (Å²) in [6.07, 6.45) is 52.0.